The number of hydrogen-bond donors (Lipinski definition) is 3. The number of nitrogens with one attached hydrogen (secondary N) is 3. The van der Waals surface area contributed by atoms with Crippen LogP contribution in [0.3, 0.4) is 0 Å². The van der Waals surface area contributed by atoms with Crippen LogP contribution < -0.4 is 10.6 Å². The molecule has 23 heavy (non-hydrogen) atoms. The highest BCUT2D eigenvalue weighted by Gasteiger charge is 2.17. The molecule has 1 aromatic heterocycles. The molecule has 1 unspecified atom stereocenters. The number of hydrogen-bond acceptors (Lipinski definition) is 2. The van der Waals surface area contributed by atoms with Crippen molar-refractivity contribution < 1.29 is 4.79 Å². The second-order valence-electron chi connectivity index (χ2n) is 6.10. The van der Waals surface area contributed by atoms with Crippen LogP contribution in [0, 0.1) is 0 Å². The van der Waals surface area contributed by atoms with Gasteiger partial charge in [-0.05, 0) is 43.4 Å². The lowest BCUT2D eigenvalue weighted by atomic mass is 10.1. The van der Waals surface area contributed by atoms with E-state index in [1.54, 1.807) is 0 Å². The molecule has 0 radical (unpaired) electrons. The van der Waals surface area contributed by atoms with Gasteiger partial charge >= 0.3 is 0 Å². The molecule has 0 bridgehead atoms. The molecule has 4 nitrogen and oxygen atoms in total. The summed E-state index contributed by atoms with van der Waals surface area (Å²) in [5.41, 5.74) is 3.87. The number of carbonyl (C=O) groups excluding carboxylic acids is 1. The fourth-order valence-corrected chi connectivity index (χ4v) is 3.34. The number of H-pyrrole nitrogens is 1. The third-order valence-electron chi connectivity index (χ3n) is 4.58. The zero-order chi connectivity index (χ0) is 15.4. The molecule has 1 aliphatic rings. The number of fused-ring (bicyclic) bond motifs is 1. The molecule has 2 heterocycles. The number of benzene rings is 1. The smallest absolute Gasteiger partial charge is 0.221 e. The van der Waals surface area contributed by atoms with Gasteiger partial charge < -0.3 is 15.6 Å². The Hall–Kier alpha value is -1.52. The van der Waals surface area contributed by atoms with E-state index in [1.807, 2.05) is 0 Å². The maximum absolute atomic E-state index is 11.9. The molecule has 0 spiro atoms. The van der Waals surface area contributed by atoms with E-state index < -0.39 is 0 Å². The molecule has 0 saturated carbocycles. The van der Waals surface area contributed by atoms with Crippen molar-refractivity contribution in [2.24, 2.45) is 0 Å². The Kier molecular flexibility index (Phi) is 6.48. The lowest BCUT2D eigenvalue weighted by Gasteiger charge is -2.10. The van der Waals surface area contributed by atoms with Gasteiger partial charge in [-0.15, -0.1) is 12.4 Å². The van der Waals surface area contributed by atoms with Gasteiger partial charge in [0.25, 0.3) is 0 Å². The van der Waals surface area contributed by atoms with Crippen LogP contribution in [0.25, 0.3) is 10.9 Å². The minimum atomic E-state index is 0. The lowest BCUT2D eigenvalue weighted by molar-refractivity contribution is -0.121. The van der Waals surface area contributed by atoms with Crippen LogP contribution in [-0.4, -0.2) is 30.0 Å². The van der Waals surface area contributed by atoms with Crippen LogP contribution in [-0.2, 0) is 17.6 Å². The van der Waals surface area contributed by atoms with Crippen molar-refractivity contribution in [3.05, 3.63) is 35.5 Å². The Morgan fingerprint density at radius 3 is 2.96 bits per heavy atom. The number of carbonyl (C=O) groups is 1. The Bertz CT molecular complexity index is 647. The standard InChI is InChI=1S/C18H25N3O.ClH/c1-2-13-5-3-7-16-14(12-21-18(13)16)8-10-20-17(22)11-15-6-4-9-19-15;/h3,5,7,12,15,19,21H,2,4,6,8-11H2,1H3,(H,20,22);1H. The Morgan fingerprint density at radius 1 is 1.35 bits per heavy atom. The van der Waals surface area contributed by atoms with Crippen LogP contribution >= 0.6 is 12.4 Å². The highest BCUT2D eigenvalue weighted by atomic mass is 35.5. The van der Waals surface area contributed by atoms with Gasteiger partial charge in [-0.1, -0.05) is 25.1 Å². The molecule has 1 aliphatic heterocycles. The minimum absolute atomic E-state index is 0. The fourth-order valence-electron chi connectivity index (χ4n) is 3.34. The van der Waals surface area contributed by atoms with E-state index in [4.69, 9.17) is 0 Å². The van der Waals surface area contributed by atoms with Crippen LogP contribution in [0.4, 0.5) is 0 Å². The number of aromatic amines is 1. The Labute approximate surface area is 143 Å². The maximum Gasteiger partial charge on any atom is 0.221 e. The van der Waals surface area contributed by atoms with Gasteiger partial charge in [0.15, 0.2) is 0 Å². The number of rotatable bonds is 6. The normalized spacial score (nSPS) is 17.2. The SMILES string of the molecule is CCc1cccc2c(CCNC(=O)CC3CCCN3)c[nH]c12.Cl. The third kappa shape index (κ3) is 4.27. The zero-order valence-electron chi connectivity index (χ0n) is 13.7. The monoisotopic (exact) mass is 335 g/mol. The largest absolute Gasteiger partial charge is 0.361 e. The van der Waals surface area contributed by atoms with E-state index in [2.05, 4.69) is 46.9 Å². The topological polar surface area (TPSA) is 56.9 Å². The van der Waals surface area contributed by atoms with Gasteiger partial charge in [0.1, 0.15) is 0 Å². The quantitative estimate of drug-likeness (QED) is 0.760. The summed E-state index contributed by atoms with van der Waals surface area (Å²) in [5.74, 6) is 0.161. The lowest BCUT2D eigenvalue weighted by Crippen LogP contribution is -2.32. The van der Waals surface area contributed by atoms with Gasteiger partial charge in [-0.3, -0.25) is 4.79 Å². The van der Waals surface area contributed by atoms with Crippen molar-refractivity contribution in [2.75, 3.05) is 13.1 Å². The highest BCUT2D eigenvalue weighted by Crippen LogP contribution is 2.22. The molecule has 1 amide bonds. The molecule has 5 heteroatoms. The summed E-state index contributed by atoms with van der Waals surface area (Å²) in [6.45, 7) is 3.93. The first-order valence-electron chi connectivity index (χ1n) is 8.36. The van der Waals surface area contributed by atoms with E-state index in [9.17, 15) is 4.79 Å². The van der Waals surface area contributed by atoms with Crippen LogP contribution in [0.1, 0.15) is 37.3 Å². The Balaban J connectivity index is 0.00000192. The van der Waals surface area contributed by atoms with Gasteiger partial charge in [0.2, 0.25) is 5.91 Å². The van der Waals surface area contributed by atoms with Gasteiger partial charge in [-0.2, -0.15) is 0 Å². The number of amides is 1. The molecule has 1 saturated heterocycles. The van der Waals surface area contributed by atoms with E-state index in [1.165, 1.54) is 28.5 Å². The minimum Gasteiger partial charge on any atom is -0.361 e. The second-order valence-corrected chi connectivity index (χ2v) is 6.10. The highest BCUT2D eigenvalue weighted by molar-refractivity contribution is 5.86. The van der Waals surface area contributed by atoms with Crippen molar-refractivity contribution in [1.82, 2.24) is 15.6 Å². The van der Waals surface area contributed by atoms with Crippen molar-refractivity contribution >= 4 is 29.2 Å². The van der Waals surface area contributed by atoms with Crippen LogP contribution in [0.15, 0.2) is 24.4 Å². The number of aryl methyl sites for hydroxylation is 1. The summed E-state index contributed by atoms with van der Waals surface area (Å²) in [6.07, 6.45) is 6.89. The number of para-hydroxylation sites is 1. The third-order valence-corrected chi connectivity index (χ3v) is 4.58. The first-order chi connectivity index (χ1) is 10.8. The van der Waals surface area contributed by atoms with Crippen molar-refractivity contribution in [2.45, 2.75) is 45.1 Å². The summed E-state index contributed by atoms with van der Waals surface area (Å²) in [6, 6.07) is 6.81. The molecule has 1 fully saturated rings. The zero-order valence-corrected chi connectivity index (χ0v) is 14.5. The predicted octanol–water partition coefficient (Wildman–Crippen LogP) is 2.95. The summed E-state index contributed by atoms with van der Waals surface area (Å²) in [7, 11) is 0. The van der Waals surface area contributed by atoms with Gasteiger partial charge in [0, 0.05) is 36.1 Å². The molecule has 2 aromatic rings. The van der Waals surface area contributed by atoms with Gasteiger partial charge in [0.05, 0.1) is 0 Å². The van der Waals surface area contributed by atoms with Crippen molar-refractivity contribution in [3.8, 4) is 0 Å². The molecule has 1 atom stereocenters. The average molecular weight is 336 g/mol. The number of aromatic nitrogens is 1. The molecule has 0 aliphatic carbocycles. The summed E-state index contributed by atoms with van der Waals surface area (Å²) >= 11 is 0. The molecular weight excluding hydrogens is 310 g/mol. The molecule has 126 valence electrons. The molecule has 1 aromatic carbocycles. The van der Waals surface area contributed by atoms with E-state index in [0.717, 1.165) is 25.8 Å². The second kappa shape index (κ2) is 8.37. The summed E-state index contributed by atoms with van der Waals surface area (Å²) < 4.78 is 0. The van der Waals surface area contributed by atoms with Crippen molar-refractivity contribution in [3.63, 3.8) is 0 Å². The van der Waals surface area contributed by atoms with E-state index >= 15 is 0 Å². The molecule has 3 N–H and O–H groups in total. The molecule has 3 rings (SSSR count). The first-order valence-corrected chi connectivity index (χ1v) is 8.36. The fraction of sp³-hybridized carbons (Fsp3) is 0.500. The van der Waals surface area contributed by atoms with Crippen LogP contribution in [0.2, 0.25) is 0 Å². The maximum atomic E-state index is 11.9. The number of halogens is 1. The van der Waals surface area contributed by atoms with E-state index in [-0.39, 0.29) is 18.3 Å². The summed E-state index contributed by atoms with van der Waals surface area (Å²) in [5, 5.41) is 7.69. The van der Waals surface area contributed by atoms with Crippen LogP contribution in [0.5, 0.6) is 0 Å². The predicted molar refractivity (Wildman–Crippen MR) is 97.3 cm³/mol. The van der Waals surface area contributed by atoms with E-state index in [0.29, 0.717) is 19.0 Å². The molecular formula is C18H26ClN3O. The first kappa shape index (κ1) is 17.8. The Morgan fingerprint density at radius 2 is 2.22 bits per heavy atom. The average Bonchev–Trinajstić information content (AvgIpc) is 3.17. The van der Waals surface area contributed by atoms with Gasteiger partial charge in [-0.25, -0.2) is 0 Å². The van der Waals surface area contributed by atoms with Crippen molar-refractivity contribution in [1.29, 1.82) is 0 Å². The summed E-state index contributed by atoms with van der Waals surface area (Å²) in [4.78, 5) is 15.3.